The average Bonchev–Trinajstić information content (AvgIpc) is 2.81. The lowest BCUT2D eigenvalue weighted by Crippen LogP contribution is -2.33. The van der Waals surface area contributed by atoms with E-state index in [0.29, 0.717) is 6.42 Å². The van der Waals surface area contributed by atoms with E-state index >= 15 is 0 Å². The van der Waals surface area contributed by atoms with Gasteiger partial charge in [0.05, 0.1) is 6.04 Å². The number of benzene rings is 2. The number of carbonyl (C=O) groups is 1. The Bertz CT molecular complexity index is 802. The van der Waals surface area contributed by atoms with Gasteiger partial charge in [0.25, 0.3) is 0 Å². The van der Waals surface area contributed by atoms with Crippen LogP contribution >= 0.6 is 0 Å². The third-order valence-corrected chi connectivity index (χ3v) is 10.3. The van der Waals surface area contributed by atoms with Gasteiger partial charge in [-0.2, -0.15) is 0 Å². The molecule has 0 saturated carbocycles. The van der Waals surface area contributed by atoms with Gasteiger partial charge in [-0.15, -0.1) is 0 Å². The molecule has 0 unspecified atom stereocenters. The highest BCUT2D eigenvalue weighted by atomic mass is 28.3. The van der Waals surface area contributed by atoms with E-state index in [2.05, 4.69) is 80.8 Å². The molecule has 0 heterocycles. The molecule has 2 rings (SSSR count). The topological polar surface area (TPSA) is 29.1 Å². The molecule has 1 atom stereocenters. The molecule has 1 amide bonds. The fraction of sp³-hybridized carbons (Fsp3) is 0.567. The maximum atomic E-state index is 13.0. The van der Waals surface area contributed by atoms with Crippen LogP contribution in [-0.2, 0) is 11.2 Å². The van der Waals surface area contributed by atoms with Crippen molar-refractivity contribution in [2.75, 3.05) is 0 Å². The lowest BCUT2D eigenvalue weighted by Gasteiger charge is -2.24. The lowest BCUT2D eigenvalue weighted by atomic mass is 9.96. The van der Waals surface area contributed by atoms with Crippen LogP contribution in [0.3, 0.4) is 0 Å². The van der Waals surface area contributed by atoms with Crippen LogP contribution in [0.25, 0.3) is 0 Å². The zero-order valence-electron chi connectivity index (χ0n) is 21.7. The van der Waals surface area contributed by atoms with Crippen molar-refractivity contribution in [3.63, 3.8) is 0 Å². The number of hydrogen-bond acceptors (Lipinski definition) is 1. The molecule has 3 heteroatoms. The van der Waals surface area contributed by atoms with Gasteiger partial charge >= 0.3 is 0 Å². The van der Waals surface area contributed by atoms with Gasteiger partial charge in [-0.1, -0.05) is 132 Å². The minimum absolute atomic E-state index is 0.0253. The number of carbonyl (C=O) groups excluding carboxylic acids is 1. The van der Waals surface area contributed by atoms with Gasteiger partial charge in [-0.3, -0.25) is 4.79 Å². The summed E-state index contributed by atoms with van der Waals surface area (Å²) in [5, 5.41) is 3.37. The summed E-state index contributed by atoms with van der Waals surface area (Å²) in [5.74, 6) is 0.203. The minimum Gasteiger partial charge on any atom is -0.349 e. The van der Waals surface area contributed by atoms with Crippen LogP contribution in [0.15, 0.2) is 54.6 Å². The van der Waals surface area contributed by atoms with E-state index < -0.39 is 8.07 Å². The molecular formula is C30H47NOSi. The van der Waals surface area contributed by atoms with Crippen molar-refractivity contribution in [2.24, 2.45) is 0 Å². The van der Waals surface area contributed by atoms with Crippen molar-refractivity contribution < 1.29 is 4.79 Å². The first-order chi connectivity index (χ1) is 15.9. The number of rotatable bonds is 16. The van der Waals surface area contributed by atoms with Crippen molar-refractivity contribution in [2.45, 2.75) is 109 Å². The van der Waals surface area contributed by atoms with Crippen molar-refractivity contribution in [3.8, 4) is 0 Å². The summed E-state index contributed by atoms with van der Waals surface area (Å²) < 4.78 is 0. The number of amides is 1. The molecule has 0 fully saturated rings. The highest BCUT2D eigenvalue weighted by Gasteiger charge is 2.23. The molecule has 0 bridgehead atoms. The van der Waals surface area contributed by atoms with Crippen molar-refractivity contribution in [1.82, 2.24) is 5.32 Å². The van der Waals surface area contributed by atoms with E-state index in [9.17, 15) is 4.79 Å². The fourth-order valence-corrected chi connectivity index (χ4v) is 6.94. The Kier molecular flexibility index (Phi) is 12.5. The van der Waals surface area contributed by atoms with Crippen LogP contribution in [0.1, 0.15) is 87.4 Å². The largest absolute Gasteiger partial charge is 0.349 e. The van der Waals surface area contributed by atoms with Crippen LogP contribution in [0.5, 0.6) is 0 Å². The van der Waals surface area contributed by atoms with Gasteiger partial charge in [-0.05, 0) is 36.1 Å². The first kappa shape index (κ1) is 27.4. The molecule has 2 nitrogen and oxygen atoms in total. The molecule has 0 radical (unpaired) electrons. The first-order valence-corrected chi connectivity index (χ1v) is 16.7. The number of unbranched alkanes of at least 4 members (excludes halogenated alkanes) is 7. The maximum absolute atomic E-state index is 13.0. The Morgan fingerprint density at radius 1 is 0.818 bits per heavy atom. The third-order valence-electron chi connectivity index (χ3n) is 6.96. The van der Waals surface area contributed by atoms with E-state index in [-0.39, 0.29) is 11.9 Å². The van der Waals surface area contributed by atoms with Gasteiger partial charge in [0.1, 0.15) is 0 Å². The molecular weight excluding hydrogens is 418 g/mol. The molecule has 0 spiro atoms. The summed E-state index contributed by atoms with van der Waals surface area (Å²) in [5.41, 5.74) is 3.77. The van der Waals surface area contributed by atoms with Gasteiger partial charge < -0.3 is 5.32 Å². The molecule has 2 aromatic carbocycles. The van der Waals surface area contributed by atoms with Gasteiger partial charge in [0, 0.05) is 14.5 Å². The Hall–Kier alpha value is -1.87. The van der Waals surface area contributed by atoms with Crippen molar-refractivity contribution in [3.05, 3.63) is 71.3 Å². The fourth-order valence-electron chi connectivity index (χ4n) is 4.58. The maximum Gasteiger partial charge on any atom is 0.220 e. The van der Waals surface area contributed by atoms with Gasteiger partial charge in [0.15, 0.2) is 0 Å². The summed E-state index contributed by atoms with van der Waals surface area (Å²) in [7, 11) is -1.32. The number of nitrogens with one attached hydrogen (secondary N) is 1. The van der Waals surface area contributed by atoms with Gasteiger partial charge in [0.2, 0.25) is 5.91 Å². The Morgan fingerprint density at radius 2 is 1.42 bits per heavy atom. The molecule has 2 aromatic rings. The smallest absolute Gasteiger partial charge is 0.220 e. The second kappa shape index (κ2) is 15.1. The second-order valence-electron chi connectivity index (χ2n) is 10.6. The molecule has 0 aromatic heterocycles. The van der Waals surface area contributed by atoms with E-state index in [1.807, 2.05) is 6.07 Å². The molecule has 0 aliphatic carbocycles. The number of aryl methyl sites for hydroxylation is 1. The zero-order valence-corrected chi connectivity index (χ0v) is 22.7. The van der Waals surface area contributed by atoms with Crippen LogP contribution in [-0.4, -0.2) is 14.0 Å². The lowest BCUT2D eigenvalue weighted by molar-refractivity contribution is -0.121. The van der Waals surface area contributed by atoms with Crippen molar-refractivity contribution in [1.29, 1.82) is 0 Å². The van der Waals surface area contributed by atoms with Crippen molar-refractivity contribution >= 4 is 14.0 Å². The molecule has 33 heavy (non-hydrogen) atoms. The first-order valence-electron chi connectivity index (χ1n) is 13.3. The standard InChI is InChI=1S/C30H47NOSi/c1-5-6-7-8-9-10-11-17-23-33(3,4)24-22-30(32)31-29(27-19-13-12-14-20-27)25-28-21-16-15-18-26(28)2/h12-16,18-21,29H,5-11,17,22-25H2,1-4H3,(H,31,32)/t29-/m1/s1. The molecule has 1 N–H and O–H groups in total. The SMILES string of the molecule is CCCCCCCCCC[Si](C)(C)CCC(=O)N[C@H](Cc1ccccc1C)c1ccccc1. The summed E-state index contributed by atoms with van der Waals surface area (Å²) in [4.78, 5) is 13.0. The normalized spacial score (nSPS) is 12.5. The Balaban J connectivity index is 1.80. The predicted molar refractivity (Wildman–Crippen MR) is 147 cm³/mol. The average molecular weight is 466 g/mol. The molecule has 0 aliphatic heterocycles. The zero-order chi connectivity index (χ0) is 23.9. The Morgan fingerprint density at radius 3 is 2.09 bits per heavy atom. The molecule has 0 saturated heterocycles. The quantitative estimate of drug-likeness (QED) is 0.195. The van der Waals surface area contributed by atoms with Gasteiger partial charge in [-0.25, -0.2) is 0 Å². The summed E-state index contributed by atoms with van der Waals surface area (Å²) >= 11 is 0. The summed E-state index contributed by atoms with van der Waals surface area (Å²) in [6, 6.07) is 21.4. The van der Waals surface area contributed by atoms with Crippen LogP contribution in [0, 0.1) is 6.92 Å². The minimum atomic E-state index is -1.32. The van der Waals surface area contributed by atoms with E-state index in [1.54, 1.807) is 0 Å². The number of hydrogen-bond donors (Lipinski definition) is 1. The third kappa shape index (κ3) is 11.2. The van der Waals surface area contributed by atoms with Crippen LogP contribution < -0.4 is 5.32 Å². The molecule has 0 aliphatic rings. The Labute approximate surface area is 204 Å². The van der Waals surface area contributed by atoms with Crippen LogP contribution in [0.4, 0.5) is 0 Å². The predicted octanol–water partition coefficient (Wildman–Crippen LogP) is 8.63. The molecule has 182 valence electrons. The summed E-state index contributed by atoms with van der Waals surface area (Å²) in [6.45, 7) is 9.35. The van der Waals surface area contributed by atoms with E-state index in [4.69, 9.17) is 0 Å². The second-order valence-corrected chi connectivity index (χ2v) is 15.9. The highest BCUT2D eigenvalue weighted by Crippen LogP contribution is 2.24. The van der Waals surface area contributed by atoms with E-state index in [1.165, 1.54) is 74.1 Å². The highest BCUT2D eigenvalue weighted by molar-refractivity contribution is 6.77. The van der Waals surface area contributed by atoms with Crippen LogP contribution in [0.2, 0.25) is 25.2 Å². The van der Waals surface area contributed by atoms with E-state index in [0.717, 1.165) is 12.5 Å². The summed E-state index contributed by atoms with van der Waals surface area (Å²) in [6.07, 6.45) is 12.5. The monoisotopic (exact) mass is 465 g/mol.